The Morgan fingerprint density at radius 3 is 3.00 bits per heavy atom. The summed E-state index contributed by atoms with van der Waals surface area (Å²) in [6.45, 7) is 6.03. The maximum absolute atomic E-state index is 9.81. The predicted octanol–water partition coefficient (Wildman–Crippen LogP) is 0.961. The van der Waals surface area contributed by atoms with Crippen molar-refractivity contribution < 1.29 is 14.6 Å². The first kappa shape index (κ1) is 11.5. The number of nitrogens with zero attached hydrogens (tertiary/aromatic N) is 1. The second-order valence-electron chi connectivity index (χ2n) is 4.74. The minimum atomic E-state index is 0.222. The molecular formula is C13H18N2O3. The molecule has 2 aliphatic rings. The number of fused-ring (bicyclic) bond motifs is 1. The fourth-order valence-electron chi connectivity index (χ4n) is 2.53. The summed E-state index contributed by atoms with van der Waals surface area (Å²) < 4.78 is 11.3. The van der Waals surface area contributed by atoms with Crippen molar-refractivity contribution in [3.63, 3.8) is 0 Å². The van der Waals surface area contributed by atoms with Crippen LogP contribution in [0.4, 0.5) is 5.69 Å². The van der Waals surface area contributed by atoms with Gasteiger partial charge in [-0.3, -0.25) is 0 Å². The first-order chi connectivity index (χ1) is 8.75. The van der Waals surface area contributed by atoms with E-state index in [-0.39, 0.29) is 5.75 Å². The van der Waals surface area contributed by atoms with Crippen LogP contribution < -0.4 is 19.7 Å². The first-order valence-electron chi connectivity index (χ1n) is 6.35. The van der Waals surface area contributed by atoms with Crippen LogP contribution in [0.15, 0.2) is 12.1 Å². The van der Waals surface area contributed by atoms with Gasteiger partial charge in [-0.15, -0.1) is 0 Å². The third kappa shape index (κ3) is 1.95. The second-order valence-corrected chi connectivity index (χ2v) is 4.74. The standard InChI is InChI=1S/C13H18N2O3/c1-9-8-14-2-3-15(9)11-6-10(16)7-12-13(11)18-5-4-17-12/h6-7,9,14,16H,2-5,8H2,1H3. The highest BCUT2D eigenvalue weighted by molar-refractivity contribution is 5.68. The molecule has 1 saturated heterocycles. The molecule has 5 heteroatoms. The fraction of sp³-hybridized carbons (Fsp3) is 0.538. The van der Waals surface area contributed by atoms with E-state index in [4.69, 9.17) is 9.47 Å². The predicted molar refractivity (Wildman–Crippen MR) is 68.8 cm³/mol. The number of rotatable bonds is 1. The maximum Gasteiger partial charge on any atom is 0.184 e. The summed E-state index contributed by atoms with van der Waals surface area (Å²) in [6, 6.07) is 3.75. The molecule has 1 aromatic carbocycles. The van der Waals surface area contributed by atoms with Gasteiger partial charge in [-0.05, 0) is 6.92 Å². The molecule has 1 atom stereocenters. The van der Waals surface area contributed by atoms with Crippen molar-refractivity contribution in [1.82, 2.24) is 5.32 Å². The highest BCUT2D eigenvalue weighted by Gasteiger charge is 2.26. The summed E-state index contributed by atoms with van der Waals surface area (Å²) in [5.41, 5.74) is 0.929. The first-order valence-corrected chi connectivity index (χ1v) is 6.35. The second kappa shape index (κ2) is 4.57. The maximum atomic E-state index is 9.81. The SMILES string of the molecule is CC1CNCCN1c1cc(O)cc2c1OCCO2. The van der Waals surface area contributed by atoms with E-state index in [1.165, 1.54) is 0 Å². The average Bonchev–Trinajstić information content (AvgIpc) is 2.38. The molecule has 98 valence electrons. The van der Waals surface area contributed by atoms with Crippen LogP contribution in [0, 0.1) is 0 Å². The minimum absolute atomic E-state index is 0.222. The Hall–Kier alpha value is -1.62. The Kier molecular flexibility index (Phi) is 2.91. The van der Waals surface area contributed by atoms with Gasteiger partial charge in [0.1, 0.15) is 19.0 Å². The molecule has 2 aliphatic heterocycles. The summed E-state index contributed by atoms with van der Waals surface area (Å²) in [5.74, 6) is 1.62. The Bertz CT molecular complexity index is 450. The van der Waals surface area contributed by atoms with Gasteiger partial charge in [-0.25, -0.2) is 0 Å². The number of phenols is 1. The molecular weight excluding hydrogens is 232 g/mol. The number of aromatic hydroxyl groups is 1. The molecule has 2 N–H and O–H groups in total. The molecule has 0 radical (unpaired) electrons. The molecule has 0 amide bonds. The van der Waals surface area contributed by atoms with Crippen LogP contribution in [0.2, 0.25) is 0 Å². The van der Waals surface area contributed by atoms with Crippen molar-refractivity contribution in [1.29, 1.82) is 0 Å². The molecule has 18 heavy (non-hydrogen) atoms. The molecule has 5 nitrogen and oxygen atoms in total. The van der Waals surface area contributed by atoms with E-state index in [0.717, 1.165) is 31.1 Å². The highest BCUT2D eigenvalue weighted by Crippen LogP contribution is 2.43. The number of anilines is 1. The van der Waals surface area contributed by atoms with E-state index in [2.05, 4.69) is 17.1 Å². The molecule has 0 aliphatic carbocycles. The van der Waals surface area contributed by atoms with E-state index in [0.29, 0.717) is 25.0 Å². The van der Waals surface area contributed by atoms with Crippen LogP contribution in [0.25, 0.3) is 0 Å². The number of piperazine rings is 1. The average molecular weight is 250 g/mol. The lowest BCUT2D eigenvalue weighted by atomic mass is 10.1. The lowest BCUT2D eigenvalue weighted by Crippen LogP contribution is -2.50. The van der Waals surface area contributed by atoms with Crippen molar-refractivity contribution in [2.45, 2.75) is 13.0 Å². The molecule has 2 heterocycles. The quantitative estimate of drug-likeness (QED) is 0.777. The molecule has 1 fully saturated rings. The number of benzene rings is 1. The Morgan fingerprint density at radius 1 is 1.33 bits per heavy atom. The number of hydrogen-bond acceptors (Lipinski definition) is 5. The summed E-state index contributed by atoms with van der Waals surface area (Å²) >= 11 is 0. The van der Waals surface area contributed by atoms with Crippen molar-refractivity contribution in [3.8, 4) is 17.2 Å². The van der Waals surface area contributed by atoms with Gasteiger partial charge >= 0.3 is 0 Å². The normalized spacial score (nSPS) is 22.9. The van der Waals surface area contributed by atoms with Crippen LogP contribution in [-0.2, 0) is 0 Å². The smallest absolute Gasteiger partial charge is 0.184 e. The van der Waals surface area contributed by atoms with Crippen LogP contribution >= 0.6 is 0 Å². The molecule has 0 saturated carbocycles. The summed E-state index contributed by atoms with van der Waals surface area (Å²) in [6.07, 6.45) is 0. The van der Waals surface area contributed by atoms with Crippen LogP contribution in [0.5, 0.6) is 17.2 Å². The molecule has 0 aromatic heterocycles. The summed E-state index contributed by atoms with van der Waals surface area (Å²) in [5, 5.41) is 13.2. The van der Waals surface area contributed by atoms with Gasteiger partial charge in [-0.1, -0.05) is 0 Å². The zero-order valence-electron chi connectivity index (χ0n) is 10.5. The molecule has 0 spiro atoms. The number of phenolic OH excluding ortho intramolecular Hbond substituents is 1. The van der Waals surface area contributed by atoms with Crippen molar-refractivity contribution in [3.05, 3.63) is 12.1 Å². The largest absolute Gasteiger partial charge is 0.508 e. The van der Waals surface area contributed by atoms with Crippen LogP contribution in [0.1, 0.15) is 6.92 Å². The molecule has 0 bridgehead atoms. The van der Waals surface area contributed by atoms with Gasteiger partial charge in [0.05, 0.1) is 5.69 Å². The van der Waals surface area contributed by atoms with Gasteiger partial charge in [0, 0.05) is 37.8 Å². The van der Waals surface area contributed by atoms with Crippen molar-refractivity contribution in [2.24, 2.45) is 0 Å². The minimum Gasteiger partial charge on any atom is -0.508 e. The number of nitrogens with one attached hydrogen (secondary N) is 1. The highest BCUT2D eigenvalue weighted by atomic mass is 16.6. The zero-order valence-corrected chi connectivity index (χ0v) is 10.5. The number of ether oxygens (including phenoxy) is 2. The van der Waals surface area contributed by atoms with E-state index < -0.39 is 0 Å². The van der Waals surface area contributed by atoms with Gasteiger partial charge in [0.2, 0.25) is 0 Å². The van der Waals surface area contributed by atoms with Gasteiger partial charge in [0.15, 0.2) is 11.5 Å². The molecule has 1 unspecified atom stereocenters. The van der Waals surface area contributed by atoms with Gasteiger partial charge in [-0.2, -0.15) is 0 Å². The Balaban J connectivity index is 2.01. The van der Waals surface area contributed by atoms with E-state index in [9.17, 15) is 5.11 Å². The van der Waals surface area contributed by atoms with E-state index >= 15 is 0 Å². The molecule has 1 aromatic rings. The van der Waals surface area contributed by atoms with Crippen LogP contribution in [0.3, 0.4) is 0 Å². The molecule has 3 rings (SSSR count). The number of hydrogen-bond donors (Lipinski definition) is 2. The topological polar surface area (TPSA) is 54.0 Å². The summed E-state index contributed by atoms with van der Waals surface area (Å²) in [4.78, 5) is 2.25. The lowest BCUT2D eigenvalue weighted by molar-refractivity contribution is 0.171. The Morgan fingerprint density at radius 2 is 2.17 bits per heavy atom. The Labute approximate surface area is 106 Å². The third-order valence-corrected chi connectivity index (χ3v) is 3.42. The van der Waals surface area contributed by atoms with Crippen molar-refractivity contribution >= 4 is 5.69 Å². The van der Waals surface area contributed by atoms with Crippen LogP contribution in [-0.4, -0.2) is 44.0 Å². The zero-order chi connectivity index (χ0) is 12.5. The van der Waals surface area contributed by atoms with E-state index in [1.54, 1.807) is 12.1 Å². The van der Waals surface area contributed by atoms with E-state index in [1.807, 2.05) is 0 Å². The lowest BCUT2D eigenvalue weighted by Gasteiger charge is -2.37. The van der Waals surface area contributed by atoms with Crippen molar-refractivity contribution in [2.75, 3.05) is 37.7 Å². The van der Waals surface area contributed by atoms with Gasteiger partial charge < -0.3 is 24.8 Å². The fourth-order valence-corrected chi connectivity index (χ4v) is 2.53. The summed E-state index contributed by atoms with van der Waals surface area (Å²) in [7, 11) is 0. The van der Waals surface area contributed by atoms with Gasteiger partial charge in [0.25, 0.3) is 0 Å². The monoisotopic (exact) mass is 250 g/mol. The third-order valence-electron chi connectivity index (χ3n) is 3.42.